The van der Waals surface area contributed by atoms with E-state index < -0.39 is 12.5 Å². The fourth-order valence-corrected chi connectivity index (χ4v) is 2.77. The summed E-state index contributed by atoms with van der Waals surface area (Å²) >= 11 is 0. The molecule has 0 bridgehead atoms. The minimum Gasteiger partial charge on any atom is -0.482 e. The maximum atomic E-state index is 12.4. The summed E-state index contributed by atoms with van der Waals surface area (Å²) in [6, 6.07) is 0. The lowest BCUT2D eigenvalue weighted by Crippen LogP contribution is -2.26. The number of allylic oxidation sites excluding steroid dienone is 6. The molecule has 2 rings (SSSR count). The SMILES string of the molecule is C=C/C=C(\C=C(/N)OC(F)F)C1=C(OC)NCC(Cn2cc(CO)nc2C)=C1. The van der Waals surface area contributed by atoms with Crippen LogP contribution in [0.5, 0.6) is 0 Å². The van der Waals surface area contributed by atoms with Crippen LogP contribution in [0, 0.1) is 6.92 Å². The molecule has 1 aliphatic heterocycles. The van der Waals surface area contributed by atoms with E-state index in [2.05, 4.69) is 21.6 Å². The molecule has 0 unspecified atom stereocenters. The van der Waals surface area contributed by atoms with E-state index >= 15 is 0 Å². The van der Waals surface area contributed by atoms with Crippen molar-refractivity contribution in [2.75, 3.05) is 13.7 Å². The zero-order chi connectivity index (χ0) is 20.7. The maximum Gasteiger partial charge on any atom is 0.388 e. The molecule has 1 aliphatic rings. The van der Waals surface area contributed by atoms with Crippen molar-refractivity contribution in [2.24, 2.45) is 5.73 Å². The van der Waals surface area contributed by atoms with Crippen LogP contribution in [-0.2, 0) is 22.6 Å². The average Bonchev–Trinajstić information content (AvgIpc) is 3.00. The van der Waals surface area contributed by atoms with Crippen LogP contribution in [0.15, 0.2) is 65.6 Å². The van der Waals surface area contributed by atoms with Gasteiger partial charge in [0.25, 0.3) is 0 Å². The summed E-state index contributed by atoms with van der Waals surface area (Å²) in [5.41, 5.74) is 8.22. The molecule has 0 radical (unpaired) electrons. The Kier molecular flexibility index (Phi) is 7.39. The molecule has 0 saturated heterocycles. The van der Waals surface area contributed by atoms with Crippen LogP contribution < -0.4 is 11.1 Å². The van der Waals surface area contributed by atoms with Gasteiger partial charge in [0, 0.05) is 30.9 Å². The van der Waals surface area contributed by atoms with Gasteiger partial charge in [-0.3, -0.25) is 0 Å². The van der Waals surface area contributed by atoms with E-state index in [0.717, 1.165) is 11.4 Å². The zero-order valence-electron chi connectivity index (χ0n) is 15.8. The van der Waals surface area contributed by atoms with Crippen molar-refractivity contribution >= 4 is 0 Å². The van der Waals surface area contributed by atoms with E-state index in [1.807, 2.05) is 17.6 Å². The molecule has 1 aromatic heterocycles. The van der Waals surface area contributed by atoms with Gasteiger partial charge in [0.2, 0.25) is 0 Å². The third-order valence-electron chi connectivity index (χ3n) is 3.97. The molecule has 0 aromatic carbocycles. The summed E-state index contributed by atoms with van der Waals surface area (Å²) in [4.78, 5) is 4.27. The second kappa shape index (κ2) is 9.75. The number of aliphatic hydroxyl groups excluding tert-OH is 1. The molecule has 0 amide bonds. The fourth-order valence-electron chi connectivity index (χ4n) is 2.77. The quantitative estimate of drug-likeness (QED) is 0.439. The molecule has 7 nitrogen and oxygen atoms in total. The Morgan fingerprint density at radius 2 is 2.29 bits per heavy atom. The van der Waals surface area contributed by atoms with Crippen molar-refractivity contribution in [3.05, 3.63) is 77.1 Å². The molecule has 0 saturated carbocycles. The van der Waals surface area contributed by atoms with E-state index in [0.29, 0.717) is 35.8 Å². The molecular weight excluding hydrogens is 370 g/mol. The van der Waals surface area contributed by atoms with Gasteiger partial charge >= 0.3 is 6.61 Å². The highest BCUT2D eigenvalue weighted by molar-refractivity contribution is 5.52. The number of rotatable bonds is 9. The van der Waals surface area contributed by atoms with Crippen LogP contribution in [0.3, 0.4) is 0 Å². The minimum atomic E-state index is -3.02. The molecule has 4 N–H and O–H groups in total. The molecular formula is C19H24F2N4O3. The first kappa shape index (κ1) is 21.2. The van der Waals surface area contributed by atoms with Crippen LogP contribution in [0.25, 0.3) is 0 Å². The molecule has 1 aromatic rings. The van der Waals surface area contributed by atoms with Crippen molar-refractivity contribution in [2.45, 2.75) is 26.7 Å². The Morgan fingerprint density at radius 1 is 1.54 bits per heavy atom. The molecule has 0 spiro atoms. The molecule has 9 heteroatoms. The number of halogens is 2. The van der Waals surface area contributed by atoms with Gasteiger partial charge in [0.1, 0.15) is 5.82 Å². The van der Waals surface area contributed by atoms with Gasteiger partial charge in [-0.05, 0) is 24.1 Å². The van der Waals surface area contributed by atoms with Gasteiger partial charge in [-0.2, -0.15) is 8.78 Å². The number of ether oxygens (including phenoxy) is 2. The number of hydrogen-bond acceptors (Lipinski definition) is 6. The molecule has 0 atom stereocenters. The van der Waals surface area contributed by atoms with Crippen LogP contribution >= 0.6 is 0 Å². The van der Waals surface area contributed by atoms with Crippen molar-refractivity contribution in [3.63, 3.8) is 0 Å². The number of nitrogens with zero attached hydrogens (tertiary/aromatic N) is 2. The Hall–Kier alpha value is -3.07. The number of dihydropyridines is 1. The highest BCUT2D eigenvalue weighted by atomic mass is 19.3. The summed E-state index contributed by atoms with van der Waals surface area (Å²) in [5.74, 6) is 0.810. The van der Waals surface area contributed by atoms with E-state index in [9.17, 15) is 13.9 Å². The van der Waals surface area contributed by atoms with E-state index in [4.69, 9.17) is 10.5 Å². The second-order valence-corrected chi connectivity index (χ2v) is 5.95. The lowest BCUT2D eigenvalue weighted by Gasteiger charge is -2.22. The molecule has 152 valence electrons. The van der Waals surface area contributed by atoms with E-state index in [1.165, 1.54) is 19.3 Å². The number of nitrogens with two attached hydrogens (primary N) is 1. The number of imidazole rings is 1. The topological polar surface area (TPSA) is 94.6 Å². The summed E-state index contributed by atoms with van der Waals surface area (Å²) < 4.78 is 36.3. The first-order valence-corrected chi connectivity index (χ1v) is 8.48. The number of aromatic nitrogens is 2. The van der Waals surface area contributed by atoms with Gasteiger partial charge in [-0.1, -0.05) is 18.7 Å². The molecule has 0 aliphatic carbocycles. The number of aryl methyl sites for hydroxylation is 1. The van der Waals surface area contributed by atoms with Crippen molar-refractivity contribution in [3.8, 4) is 0 Å². The fraction of sp³-hybridized carbons (Fsp3) is 0.316. The van der Waals surface area contributed by atoms with Crippen LogP contribution in [0.2, 0.25) is 0 Å². The second-order valence-electron chi connectivity index (χ2n) is 5.95. The zero-order valence-corrected chi connectivity index (χ0v) is 15.8. The van der Waals surface area contributed by atoms with Crippen LogP contribution in [0.4, 0.5) is 8.78 Å². The highest BCUT2D eigenvalue weighted by Gasteiger charge is 2.18. The van der Waals surface area contributed by atoms with Gasteiger partial charge in [-0.25, -0.2) is 4.98 Å². The summed E-state index contributed by atoms with van der Waals surface area (Å²) in [6.07, 6.45) is 8.08. The van der Waals surface area contributed by atoms with E-state index in [1.54, 1.807) is 12.3 Å². The number of alkyl halides is 2. The predicted octanol–water partition coefficient (Wildman–Crippen LogP) is 2.22. The van der Waals surface area contributed by atoms with Gasteiger partial charge in [0.15, 0.2) is 11.8 Å². The van der Waals surface area contributed by atoms with Crippen molar-refractivity contribution < 1.29 is 23.4 Å². The molecule has 0 fully saturated rings. The summed E-state index contributed by atoms with van der Waals surface area (Å²) in [6.45, 7) is 3.40. The minimum absolute atomic E-state index is 0.134. The summed E-state index contributed by atoms with van der Waals surface area (Å²) in [5, 5.41) is 12.4. The lowest BCUT2D eigenvalue weighted by atomic mass is 9.99. The smallest absolute Gasteiger partial charge is 0.388 e. The molecule has 28 heavy (non-hydrogen) atoms. The van der Waals surface area contributed by atoms with Gasteiger partial charge < -0.3 is 30.2 Å². The number of nitrogens with one attached hydrogen (secondary N) is 1. The Labute approximate surface area is 162 Å². The average molecular weight is 394 g/mol. The van der Waals surface area contributed by atoms with Crippen molar-refractivity contribution in [1.29, 1.82) is 0 Å². The normalized spacial score (nSPS) is 15.4. The Balaban J connectivity index is 2.37. The Morgan fingerprint density at radius 3 is 2.86 bits per heavy atom. The molecule has 2 heterocycles. The number of hydrogen-bond donors (Lipinski definition) is 3. The highest BCUT2D eigenvalue weighted by Crippen LogP contribution is 2.24. The third-order valence-corrected chi connectivity index (χ3v) is 3.97. The van der Waals surface area contributed by atoms with Crippen LogP contribution in [-0.4, -0.2) is 34.9 Å². The lowest BCUT2D eigenvalue weighted by molar-refractivity contribution is -0.0968. The monoisotopic (exact) mass is 394 g/mol. The first-order valence-electron chi connectivity index (χ1n) is 8.48. The maximum absolute atomic E-state index is 12.4. The van der Waals surface area contributed by atoms with Crippen molar-refractivity contribution in [1.82, 2.24) is 14.9 Å². The first-order chi connectivity index (χ1) is 13.4. The summed E-state index contributed by atoms with van der Waals surface area (Å²) in [7, 11) is 1.50. The largest absolute Gasteiger partial charge is 0.482 e. The van der Waals surface area contributed by atoms with Gasteiger partial charge in [-0.15, -0.1) is 0 Å². The predicted molar refractivity (Wildman–Crippen MR) is 101 cm³/mol. The van der Waals surface area contributed by atoms with Crippen LogP contribution in [0.1, 0.15) is 11.5 Å². The third kappa shape index (κ3) is 5.46. The Bertz CT molecular complexity index is 838. The van der Waals surface area contributed by atoms with E-state index in [-0.39, 0.29) is 6.61 Å². The standard InChI is InChI=1S/C19H24F2N4O3/c1-4-5-14(7-17(22)28-19(20)21)16-6-13(8-23-18(16)27-3)9-25-10-15(11-26)24-12(25)2/h4-7,10,19,23,26H,1,8-9,11,22H2,2-3H3/b14-5+,17-7+. The van der Waals surface area contributed by atoms with Gasteiger partial charge in [0.05, 0.1) is 19.4 Å². The number of methoxy groups -OCH3 is 1. The number of aliphatic hydroxyl groups is 1.